The Morgan fingerprint density at radius 1 is 1.04 bits per heavy atom. The van der Waals surface area contributed by atoms with Crippen molar-refractivity contribution >= 4 is 11.6 Å². The summed E-state index contributed by atoms with van der Waals surface area (Å²) in [6.07, 6.45) is 1.48. The van der Waals surface area contributed by atoms with Gasteiger partial charge in [-0.1, -0.05) is 46.5 Å². The van der Waals surface area contributed by atoms with Gasteiger partial charge in [-0.2, -0.15) is 13.2 Å². The number of carbonyl (C=O) groups excluding carboxylic acids is 1. The van der Waals surface area contributed by atoms with E-state index in [1.54, 1.807) is 0 Å². The molecule has 0 aliphatic heterocycles. The SMILES string of the molecule is CCCCC(CC)C(CCC)C(=O)Nc1ccc(C(F)(F)F)cc1. The van der Waals surface area contributed by atoms with Crippen LogP contribution in [-0.4, -0.2) is 5.91 Å². The third kappa shape index (κ3) is 6.17. The highest BCUT2D eigenvalue weighted by atomic mass is 19.4. The highest BCUT2D eigenvalue weighted by molar-refractivity contribution is 5.92. The zero-order valence-electron chi connectivity index (χ0n) is 14.7. The fraction of sp³-hybridized carbons (Fsp3) is 0.632. The highest BCUT2D eigenvalue weighted by Gasteiger charge is 2.30. The van der Waals surface area contributed by atoms with Gasteiger partial charge >= 0.3 is 6.18 Å². The first-order valence-corrected chi connectivity index (χ1v) is 8.81. The van der Waals surface area contributed by atoms with Crippen LogP contribution in [-0.2, 0) is 11.0 Å². The number of hydrogen-bond acceptors (Lipinski definition) is 1. The first-order valence-electron chi connectivity index (χ1n) is 8.81. The Morgan fingerprint density at radius 3 is 2.12 bits per heavy atom. The summed E-state index contributed by atoms with van der Waals surface area (Å²) in [7, 11) is 0. The molecule has 24 heavy (non-hydrogen) atoms. The molecule has 1 aromatic rings. The molecule has 0 fully saturated rings. The Balaban J connectivity index is 2.80. The Kier molecular flexibility index (Phi) is 8.29. The van der Waals surface area contributed by atoms with E-state index in [9.17, 15) is 18.0 Å². The zero-order valence-corrected chi connectivity index (χ0v) is 14.7. The van der Waals surface area contributed by atoms with E-state index in [1.807, 2.05) is 6.92 Å². The van der Waals surface area contributed by atoms with Gasteiger partial charge in [-0.05, 0) is 43.0 Å². The quantitative estimate of drug-likeness (QED) is 0.562. The molecule has 0 aliphatic rings. The van der Waals surface area contributed by atoms with Crippen LogP contribution in [0.15, 0.2) is 24.3 Å². The fourth-order valence-electron chi connectivity index (χ4n) is 3.03. The van der Waals surface area contributed by atoms with Crippen molar-refractivity contribution in [3.8, 4) is 0 Å². The predicted octanol–water partition coefficient (Wildman–Crippen LogP) is 6.28. The van der Waals surface area contributed by atoms with Crippen LogP contribution in [0.2, 0.25) is 0 Å². The number of halogens is 3. The molecular weight excluding hydrogens is 315 g/mol. The fourth-order valence-corrected chi connectivity index (χ4v) is 3.03. The molecule has 2 atom stereocenters. The number of carbonyl (C=O) groups is 1. The molecule has 1 aromatic carbocycles. The second-order valence-electron chi connectivity index (χ2n) is 6.27. The Hall–Kier alpha value is -1.52. The van der Waals surface area contributed by atoms with Crippen molar-refractivity contribution in [2.45, 2.75) is 65.5 Å². The molecule has 136 valence electrons. The lowest BCUT2D eigenvalue weighted by molar-refractivity contribution is -0.137. The maximum atomic E-state index is 12.6. The summed E-state index contributed by atoms with van der Waals surface area (Å²) in [5.74, 6) is 0.146. The van der Waals surface area contributed by atoms with Gasteiger partial charge in [-0.15, -0.1) is 0 Å². The highest BCUT2D eigenvalue weighted by Crippen LogP contribution is 2.31. The van der Waals surface area contributed by atoms with Crippen LogP contribution in [0, 0.1) is 11.8 Å². The summed E-state index contributed by atoms with van der Waals surface area (Å²) in [5, 5.41) is 2.79. The van der Waals surface area contributed by atoms with E-state index in [4.69, 9.17) is 0 Å². The standard InChI is InChI=1S/C19H28F3NO/c1-4-7-9-14(6-3)17(8-5-2)18(24)23-16-12-10-15(11-13-16)19(20,21)22/h10-14,17H,4-9H2,1-3H3,(H,23,24). The first-order chi connectivity index (χ1) is 11.3. The van der Waals surface area contributed by atoms with Gasteiger partial charge in [-0.3, -0.25) is 4.79 Å². The molecule has 0 saturated carbocycles. The average molecular weight is 343 g/mol. The normalized spacial score (nSPS) is 14.2. The first kappa shape index (κ1) is 20.5. The number of benzene rings is 1. The number of rotatable bonds is 9. The van der Waals surface area contributed by atoms with Gasteiger partial charge < -0.3 is 5.32 Å². The zero-order chi connectivity index (χ0) is 18.2. The third-order valence-corrected chi connectivity index (χ3v) is 4.44. The van der Waals surface area contributed by atoms with Gasteiger partial charge in [0.15, 0.2) is 0 Å². The number of unbranched alkanes of at least 4 members (excludes halogenated alkanes) is 1. The summed E-state index contributed by atoms with van der Waals surface area (Å²) < 4.78 is 37.8. The smallest absolute Gasteiger partial charge is 0.326 e. The largest absolute Gasteiger partial charge is 0.416 e. The molecular formula is C19H28F3NO. The van der Waals surface area contributed by atoms with Crippen LogP contribution < -0.4 is 5.32 Å². The maximum absolute atomic E-state index is 12.6. The topological polar surface area (TPSA) is 29.1 Å². The number of nitrogens with one attached hydrogen (secondary N) is 1. The number of hydrogen-bond donors (Lipinski definition) is 1. The van der Waals surface area contributed by atoms with E-state index in [0.717, 1.165) is 50.7 Å². The number of anilines is 1. The van der Waals surface area contributed by atoms with Crippen LogP contribution in [0.1, 0.15) is 64.9 Å². The van der Waals surface area contributed by atoms with E-state index in [2.05, 4.69) is 19.2 Å². The molecule has 1 N–H and O–H groups in total. The minimum atomic E-state index is -4.36. The number of amides is 1. The lowest BCUT2D eigenvalue weighted by Gasteiger charge is -2.25. The van der Waals surface area contributed by atoms with E-state index in [0.29, 0.717) is 11.6 Å². The van der Waals surface area contributed by atoms with Crippen molar-refractivity contribution in [2.75, 3.05) is 5.32 Å². The average Bonchev–Trinajstić information content (AvgIpc) is 2.54. The van der Waals surface area contributed by atoms with E-state index in [-0.39, 0.29) is 11.8 Å². The van der Waals surface area contributed by atoms with Gasteiger partial charge in [0.1, 0.15) is 0 Å². The summed E-state index contributed by atoms with van der Waals surface area (Å²) >= 11 is 0. The van der Waals surface area contributed by atoms with E-state index < -0.39 is 11.7 Å². The summed E-state index contributed by atoms with van der Waals surface area (Å²) in [6.45, 7) is 6.27. The molecule has 2 nitrogen and oxygen atoms in total. The van der Waals surface area contributed by atoms with Crippen molar-refractivity contribution in [3.63, 3.8) is 0 Å². The van der Waals surface area contributed by atoms with Gasteiger partial charge in [-0.25, -0.2) is 0 Å². The molecule has 0 radical (unpaired) electrons. The molecule has 0 saturated heterocycles. The van der Waals surface area contributed by atoms with Crippen molar-refractivity contribution in [3.05, 3.63) is 29.8 Å². The molecule has 0 spiro atoms. The Labute approximate surface area is 142 Å². The van der Waals surface area contributed by atoms with Crippen LogP contribution >= 0.6 is 0 Å². The lowest BCUT2D eigenvalue weighted by Crippen LogP contribution is -2.29. The molecule has 0 bridgehead atoms. The molecule has 5 heteroatoms. The van der Waals surface area contributed by atoms with Crippen molar-refractivity contribution in [2.24, 2.45) is 11.8 Å². The molecule has 0 heterocycles. The van der Waals surface area contributed by atoms with Crippen LogP contribution in [0.5, 0.6) is 0 Å². The summed E-state index contributed by atoms with van der Waals surface area (Å²) in [6, 6.07) is 4.63. The molecule has 0 aromatic heterocycles. The molecule has 1 rings (SSSR count). The second kappa shape index (κ2) is 9.70. The summed E-state index contributed by atoms with van der Waals surface area (Å²) in [4.78, 5) is 12.6. The van der Waals surface area contributed by atoms with Gasteiger partial charge in [0.05, 0.1) is 5.56 Å². The van der Waals surface area contributed by atoms with Crippen molar-refractivity contribution in [1.29, 1.82) is 0 Å². The van der Waals surface area contributed by atoms with Gasteiger partial charge in [0, 0.05) is 11.6 Å². The minimum Gasteiger partial charge on any atom is -0.326 e. The van der Waals surface area contributed by atoms with Gasteiger partial charge in [0.2, 0.25) is 5.91 Å². The Bertz CT molecular complexity index is 496. The molecule has 1 amide bonds. The Morgan fingerprint density at radius 2 is 1.67 bits per heavy atom. The van der Waals surface area contributed by atoms with Gasteiger partial charge in [0.25, 0.3) is 0 Å². The monoisotopic (exact) mass is 343 g/mol. The third-order valence-electron chi connectivity index (χ3n) is 4.44. The van der Waals surface area contributed by atoms with E-state index in [1.165, 1.54) is 12.1 Å². The van der Waals surface area contributed by atoms with Crippen molar-refractivity contribution < 1.29 is 18.0 Å². The van der Waals surface area contributed by atoms with Crippen molar-refractivity contribution in [1.82, 2.24) is 0 Å². The number of alkyl halides is 3. The van der Waals surface area contributed by atoms with Crippen LogP contribution in [0.25, 0.3) is 0 Å². The minimum absolute atomic E-state index is 0.0837. The summed E-state index contributed by atoms with van der Waals surface area (Å²) in [5.41, 5.74) is -0.292. The maximum Gasteiger partial charge on any atom is 0.416 e. The van der Waals surface area contributed by atoms with Crippen LogP contribution in [0.4, 0.5) is 18.9 Å². The predicted molar refractivity (Wildman–Crippen MR) is 91.8 cm³/mol. The van der Waals surface area contributed by atoms with E-state index >= 15 is 0 Å². The molecule has 0 aliphatic carbocycles. The lowest BCUT2D eigenvalue weighted by atomic mass is 9.82. The van der Waals surface area contributed by atoms with Crippen LogP contribution in [0.3, 0.4) is 0 Å². The second-order valence-corrected chi connectivity index (χ2v) is 6.27. The molecule has 2 unspecified atom stereocenters.